The van der Waals surface area contributed by atoms with Crippen molar-refractivity contribution in [1.82, 2.24) is 0 Å². The maximum absolute atomic E-state index is 11.5. The van der Waals surface area contributed by atoms with Crippen LogP contribution in [0, 0.1) is 18.3 Å². The van der Waals surface area contributed by atoms with Gasteiger partial charge in [-0.1, -0.05) is 24.3 Å². The molecule has 2 aromatic carbocycles. The number of carbonyl (C=O) groups is 1. The van der Waals surface area contributed by atoms with Gasteiger partial charge in [0.25, 0.3) is 0 Å². The minimum atomic E-state index is 0.0609. The smallest absolute Gasteiger partial charge is 0.160 e. The van der Waals surface area contributed by atoms with Crippen LogP contribution in [0.2, 0.25) is 0 Å². The van der Waals surface area contributed by atoms with Gasteiger partial charge in [-0.05, 0) is 48.7 Å². The number of ketones is 1. The lowest BCUT2D eigenvalue weighted by Crippen LogP contribution is -1.96. The van der Waals surface area contributed by atoms with Gasteiger partial charge in [-0.3, -0.25) is 4.79 Å². The first-order chi connectivity index (χ1) is 8.61. The zero-order valence-electron chi connectivity index (χ0n) is 10.4. The molecule has 2 rings (SSSR count). The predicted octanol–water partition coefficient (Wildman–Crippen LogP) is 3.74. The minimum Gasteiger partial charge on any atom is -0.295 e. The Hall–Kier alpha value is -2.40. The third kappa shape index (κ3) is 2.31. The molecule has 0 fully saturated rings. The normalized spacial score (nSPS) is 9.83. The zero-order valence-corrected chi connectivity index (χ0v) is 10.4. The molecule has 0 amide bonds. The summed E-state index contributed by atoms with van der Waals surface area (Å²) in [6.45, 7) is 3.49. The van der Waals surface area contributed by atoms with Gasteiger partial charge in [0.15, 0.2) is 5.78 Å². The van der Waals surface area contributed by atoms with Crippen LogP contribution in [0.5, 0.6) is 0 Å². The van der Waals surface area contributed by atoms with Crippen molar-refractivity contribution in [3.8, 4) is 17.2 Å². The van der Waals surface area contributed by atoms with Gasteiger partial charge in [0.2, 0.25) is 0 Å². The average molecular weight is 235 g/mol. The molecular formula is C16H13NO. The second-order valence-corrected chi connectivity index (χ2v) is 4.28. The van der Waals surface area contributed by atoms with E-state index < -0.39 is 0 Å². The van der Waals surface area contributed by atoms with Gasteiger partial charge in [-0.15, -0.1) is 0 Å². The Morgan fingerprint density at radius 1 is 1.11 bits per heavy atom. The van der Waals surface area contributed by atoms with Crippen molar-refractivity contribution in [2.24, 2.45) is 0 Å². The summed E-state index contributed by atoms with van der Waals surface area (Å²) in [5, 5.41) is 8.89. The second kappa shape index (κ2) is 4.85. The van der Waals surface area contributed by atoms with E-state index in [0.29, 0.717) is 5.56 Å². The Kier molecular flexibility index (Phi) is 3.25. The predicted molar refractivity (Wildman–Crippen MR) is 71.3 cm³/mol. The molecule has 0 heterocycles. The summed E-state index contributed by atoms with van der Waals surface area (Å²) in [6, 6.07) is 15.3. The van der Waals surface area contributed by atoms with Crippen LogP contribution in [0.4, 0.5) is 0 Å². The van der Waals surface area contributed by atoms with Crippen LogP contribution in [-0.2, 0) is 0 Å². The molecule has 0 bridgehead atoms. The van der Waals surface area contributed by atoms with E-state index in [1.165, 1.54) is 0 Å². The number of nitrogens with zero attached hydrogens (tertiary/aromatic N) is 1. The number of aryl methyl sites for hydroxylation is 1. The number of benzene rings is 2. The number of hydrogen-bond donors (Lipinski definition) is 0. The molecule has 0 saturated carbocycles. The van der Waals surface area contributed by atoms with Gasteiger partial charge in [0.1, 0.15) is 0 Å². The van der Waals surface area contributed by atoms with Crippen molar-refractivity contribution in [2.75, 3.05) is 0 Å². The van der Waals surface area contributed by atoms with Gasteiger partial charge < -0.3 is 0 Å². The first-order valence-corrected chi connectivity index (χ1v) is 5.74. The highest BCUT2D eigenvalue weighted by atomic mass is 16.1. The molecule has 0 aliphatic carbocycles. The highest BCUT2D eigenvalue weighted by Crippen LogP contribution is 2.23. The molecule has 0 unspecified atom stereocenters. The molecule has 2 aromatic rings. The van der Waals surface area contributed by atoms with Crippen LogP contribution in [-0.4, -0.2) is 5.78 Å². The van der Waals surface area contributed by atoms with E-state index >= 15 is 0 Å². The van der Waals surface area contributed by atoms with E-state index in [2.05, 4.69) is 6.07 Å². The summed E-state index contributed by atoms with van der Waals surface area (Å²) < 4.78 is 0. The lowest BCUT2D eigenvalue weighted by molar-refractivity contribution is 0.101. The molecule has 0 radical (unpaired) electrons. The molecule has 0 atom stereocenters. The van der Waals surface area contributed by atoms with Crippen LogP contribution in [0.15, 0.2) is 42.5 Å². The van der Waals surface area contributed by atoms with E-state index in [1.54, 1.807) is 13.0 Å². The Balaban J connectivity index is 2.54. The summed E-state index contributed by atoms with van der Waals surface area (Å²) in [6.07, 6.45) is 0. The lowest BCUT2D eigenvalue weighted by Gasteiger charge is -2.07. The standard InChI is InChI=1S/C16H13NO/c1-11-6-7-15(9-16(11)12(2)18)14-5-3-4-13(8-14)10-17/h3-9H,1-2H3. The van der Waals surface area contributed by atoms with Crippen molar-refractivity contribution < 1.29 is 4.79 Å². The summed E-state index contributed by atoms with van der Waals surface area (Å²) in [5.41, 5.74) is 4.24. The summed E-state index contributed by atoms with van der Waals surface area (Å²) in [5.74, 6) is 0.0609. The molecule has 2 nitrogen and oxygen atoms in total. The third-order valence-corrected chi connectivity index (χ3v) is 2.94. The number of carbonyl (C=O) groups excluding carboxylic acids is 1. The van der Waals surface area contributed by atoms with Crippen LogP contribution in [0.25, 0.3) is 11.1 Å². The van der Waals surface area contributed by atoms with Crippen molar-refractivity contribution in [3.63, 3.8) is 0 Å². The minimum absolute atomic E-state index is 0.0609. The van der Waals surface area contributed by atoms with Crippen LogP contribution < -0.4 is 0 Å². The first kappa shape index (κ1) is 12.1. The highest BCUT2D eigenvalue weighted by molar-refractivity contribution is 5.96. The van der Waals surface area contributed by atoms with Crippen molar-refractivity contribution in [2.45, 2.75) is 13.8 Å². The van der Waals surface area contributed by atoms with Gasteiger partial charge in [-0.2, -0.15) is 5.26 Å². The van der Waals surface area contributed by atoms with Gasteiger partial charge in [-0.25, -0.2) is 0 Å². The van der Waals surface area contributed by atoms with Gasteiger partial charge in [0, 0.05) is 5.56 Å². The topological polar surface area (TPSA) is 40.9 Å². The molecule has 0 aliphatic heterocycles. The number of hydrogen-bond acceptors (Lipinski definition) is 2. The van der Waals surface area contributed by atoms with Crippen molar-refractivity contribution in [3.05, 3.63) is 59.2 Å². The summed E-state index contributed by atoms with van der Waals surface area (Å²) in [7, 11) is 0. The van der Waals surface area contributed by atoms with E-state index in [-0.39, 0.29) is 5.78 Å². The fourth-order valence-corrected chi connectivity index (χ4v) is 1.95. The Morgan fingerprint density at radius 2 is 1.83 bits per heavy atom. The molecule has 2 heteroatoms. The summed E-state index contributed by atoms with van der Waals surface area (Å²) >= 11 is 0. The summed E-state index contributed by atoms with van der Waals surface area (Å²) in [4.78, 5) is 11.5. The number of Topliss-reactive ketones (excluding diaryl/α,β-unsaturated/α-hetero) is 1. The SMILES string of the molecule is CC(=O)c1cc(-c2cccc(C#N)c2)ccc1C. The fourth-order valence-electron chi connectivity index (χ4n) is 1.95. The Labute approximate surface area is 107 Å². The molecule has 0 spiro atoms. The molecule has 0 aliphatic rings. The molecular weight excluding hydrogens is 222 g/mol. The molecule has 18 heavy (non-hydrogen) atoms. The maximum atomic E-state index is 11.5. The lowest BCUT2D eigenvalue weighted by atomic mass is 9.97. The maximum Gasteiger partial charge on any atom is 0.160 e. The number of nitriles is 1. The first-order valence-electron chi connectivity index (χ1n) is 5.74. The van der Waals surface area contributed by atoms with Crippen molar-refractivity contribution in [1.29, 1.82) is 5.26 Å². The number of rotatable bonds is 2. The quantitative estimate of drug-likeness (QED) is 0.744. The Morgan fingerprint density at radius 3 is 2.50 bits per heavy atom. The monoisotopic (exact) mass is 235 g/mol. The van der Waals surface area contributed by atoms with Crippen LogP contribution in [0.1, 0.15) is 28.4 Å². The zero-order chi connectivity index (χ0) is 13.1. The molecule has 0 aromatic heterocycles. The van der Waals surface area contributed by atoms with E-state index in [1.807, 2.05) is 43.3 Å². The van der Waals surface area contributed by atoms with Crippen molar-refractivity contribution >= 4 is 5.78 Å². The van der Waals surface area contributed by atoms with Crippen LogP contribution >= 0.6 is 0 Å². The highest BCUT2D eigenvalue weighted by Gasteiger charge is 2.06. The molecule has 0 N–H and O–H groups in total. The Bertz CT molecular complexity index is 650. The largest absolute Gasteiger partial charge is 0.295 e. The van der Waals surface area contributed by atoms with Crippen LogP contribution in [0.3, 0.4) is 0 Å². The van der Waals surface area contributed by atoms with E-state index in [0.717, 1.165) is 22.3 Å². The third-order valence-electron chi connectivity index (χ3n) is 2.94. The van der Waals surface area contributed by atoms with Gasteiger partial charge in [0.05, 0.1) is 11.6 Å². The van der Waals surface area contributed by atoms with Gasteiger partial charge >= 0.3 is 0 Å². The fraction of sp³-hybridized carbons (Fsp3) is 0.125. The van der Waals surface area contributed by atoms with E-state index in [4.69, 9.17) is 5.26 Å². The average Bonchev–Trinajstić information content (AvgIpc) is 2.39. The molecule has 88 valence electrons. The molecule has 0 saturated heterocycles. The van der Waals surface area contributed by atoms with E-state index in [9.17, 15) is 4.79 Å². The second-order valence-electron chi connectivity index (χ2n) is 4.28.